The number of unbranched alkanes of at least 4 members (excludes halogenated alkanes) is 1. The van der Waals surface area contributed by atoms with E-state index in [-0.39, 0.29) is 0 Å². The third-order valence-electron chi connectivity index (χ3n) is 8.28. The van der Waals surface area contributed by atoms with Crippen molar-refractivity contribution in [3.8, 4) is 0 Å². The number of hydrogen-bond donors (Lipinski definition) is 0. The van der Waals surface area contributed by atoms with Crippen LogP contribution < -0.4 is 0 Å². The van der Waals surface area contributed by atoms with Crippen LogP contribution in [0.15, 0.2) is 0 Å². The first-order valence-corrected chi connectivity index (χ1v) is 14.6. The topological polar surface area (TPSA) is 19.4 Å². The first-order chi connectivity index (χ1) is 16.2. The molecule has 2 aliphatic heterocycles. The molecule has 2 fully saturated rings. The van der Waals surface area contributed by atoms with Gasteiger partial charge in [0.2, 0.25) is 0 Å². The summed E-state index contributed by atoms with van der Waals surface area (Å²) in [7, 11) is 0. The van der Waals surface area contributed by atoms with Crippen molar-refractivity contribution < 1.29 is 0 Å². The van der Waals surface area contributed by atoms with Crippen molar-refractivity contribution in [3.63, 3.8) is 0 Å². The molecule has 0 saturated carbocycles. The monoisotopic (exact) mass is 480 g/mol. The third-order valence-corrected chi connectivity index (χ3v) is 8.28. The Morgan fingerprint density at radius 1 is 0.353 bits per heavy atom. The highest BCUT2D eigenvalue weighted by Crippen LogP contribution is 2.10. The third kappa shape index (κ3) is 10.8. The molecule has 0 atom stereocenters. The van der Waals surface area contributed by atoms with Crippen molar-refractivity contribution in [3.05, 3.63) is 0 Å². The van der Waals surface area contributed by atoms with Gasteiger partial charge in [0.1, 0.15) is 0 Å². The van der Waals surface area contributed by atoms with Crippen LogP contribution in [0.5, 0.6) is 0 Å². The summed E-state index contributed by atoms with van der Waals surface area (Å²) in [6.07, 6.45) is 2.64. The summed E-state index contributed by atoms with van der Waals surface area (Å²) in [4.78, 5) is 16.2. The zero-order valence-electron chi connectivity index (χ0n) is 24.3. The predicted molar refractivity (Wildman–Crippen MR) is 149 cm³/mol. The minimum Gasteiger partial charge on any atom is -0.301 e. The fraction of sp³-hybridized carbons (Fsp3) is 1.00. The summed E-state index contributed by atoms with van der Waals surface area (Å²) in [6, 6.07) is 2.56. The predicted octanol–water partition coefficient (Wildman–Crippen LogP) is 3.24. The van der Waals surface area contributed by atoms with Gasteiger partial charge in [0, 0.05) is 103 Å². The lowest BCUT2D eigenvalue weighted by atomic mass is 10.2. The van der Waals surface area contributed by atoms with Crippen LogP contribution >= 0.6 is 0 Å². The maximum atomic E-state index is 2.75. The highest BCUT2D eigenvalue weighted by molar-refractivity contribution is 4.77. The molecule has 0 aromatic rings. The molecule has 0 radical (unpaired) electrons. The van der Waals surface area contributed by atoms with Gasteiger partial charge in [-0.25, -0.2) is 0 Å². The van der Waals surface area contributed by atoms with Gasteiger partial charge >= 0.3 is 0 Å². The summed E-state index contributed by atoms with van der Waals surface area (Å²) < 4.78 is 0. The van der Waals surface area contributed by atoms with Gasteiger partial charge in [0.25, 0.3) is 0 Å². The molecular weight excluding hydrogens is 420 g/mol. The van der Waals surface area contributed by atoms with Gasteiger partial charge < -0.3 is 9.80 Å². The first kappa shape index (κ1) is 30.0. The van der Waals surface area contributed by atoms with E-state index in [1.54, 1.807) is 0 Å². The quantitative estimate of drug-likeness (QED) is 0.469. The molecule has 202 valence electrons. The van der Waals surface area contributed by atoms with Crippen molar-refractivity contribution in [1.82, 2.24) is 29.4 Å². The molecule has 2 heterocycles. The van der Waals surface area contributed by atoms with Crippen molar-refractivity contribution in [2.45, 2.75) is 92.4 Å². The van der Waals surface area contributed by atoms with Crippen LogP contribution in [0.1, 0.15) is 68.2 Å². The van der Waals surface area contributed by atoms with Crippen molar-refractivity contribution in [2.24, 2.45) is 0 Å². The average Bonchev–Trinajstić information content (AvgIpc) is 2.94. The van der Waals surface area contributed by atoms with Crippen LogP contribution in [0.2, 0.25) is 0 Å². The van der Waals surface area contributed by atoms with Crippen LogP contribution in [0.3, 0.4) is 0 Å². The molecule has 0 N–H and O–H groups in total. The Hall–Kier alpha value is -0.240. The van der Waals surface area contributed by atoms with E-state index < -0.39 is 0 Å². The van der Waals surface area contributed by atoms with Crippen molar-refractivity contribution in [1.29, 1.82) is 0 Å². The van der Waals surface area contributed by atoms with Gasteiger partial charge in [0.05, 0.1) is 0 Å². The van der Waals surface area contributed by atoms with E-state index in [0.29, 0.717) is 24.2 Å². The van der Waals surface area contributed by atoms with Gasteiger partial charge in [0.15, 0.2) is 0 Å². The van der Waals surface area contributed by atoms with E-state index in [4.69, 9.17) is 0 Å². The van der Waals surface area contributed by atoms with Gasteiger partial charge in [-0.05, 0) is 81.3 Å². The molecule has 2 saturated heterocycles. The van der Waals surface area contributed by atoms with Gasteiger partial charge in [-0.3, -0.25) is 19.6 Å². The van der Waals surface area contributed by atoms with Crippen LogP contribution in [0, 0.1) is 0 Å². The molecule has 0 unspecified atom stereocenters. The molecule has 0 aromatic heterocycles. The molecule has 0 bridgehead atoms. The second-order valence-electron chi connectivity index (χ2n) is 11.9. The van der Waals surface area contributed by atoms with E-state index in [1.807, 2.05) is 0 Å². The molecule has 0 spiro atoms. The molecule has 6 heteroatoms. The molecule has 0 aliphatic carbocycles. The Bertz CT molecular complexity index is 437. The standard InChI is InChI=1S/C28H60N6/c1-25(2)31-17-13-29(14-18-32(22-21-31)26(3)4)11-9-10-12-30-15-19-33(27(5)6)23-24-34(20-16-30)28(7)8/h25-28H,9-24H2,1-8H3. The SMILES string of the molecule is CC(C)N1CCN(CCCCN2CCN(C(C)C)CCN(C(C)C)CC2)CCN(C(C)C)CC1. The maximum Gasteiger partial charge on any atom is 0.0113 e. The number of hydrogen-bond acceptors (Lipinski definition) is 6. The Labute approximate surface area is 213 Å². The van der Waals surface area contributed by atoms with Crippen molar-refractivity contribution >= 4 is 0 Å². The zero-order valence-corrected chi connectivity index (χ0v) is 24.3. The van der Waals surface area contributed by atoms with Crippen LogP contribution in [0.4, 0.5) is 0 Å². The number of nitrogens with zero attached hydrogens (tertiary/aromatic N) is 6. The largest absolute Gasteiger partial charge is 0.301 e. The molecule has 6 nitrogen and oxygen atoms in total. The van der Waals surface area contributed by atoms with Gasteiger partial charge in [-0.2, -0.15) is 0 Å². The van der Waals surface area contributed by atoms with E-state index in [9.17, 15) is 0 Å². The van der Waals surface area contributed by atoms with Crippen LogP contribution in [-0.2, 0) is 0 Å². The number of rotatable bonds is 9. The smallest absolute Gasteiger partial charge is 0.0113 e. The van der Waals surface area contributed by atoms with Gasteiger partial charge in [-0.1, -0.05) is 0 Å². The van der Waals surface area contributed by atoms with Gasteiger partial charge in [-0.15, -0.1) is 0 Å². The fourth-order valence-electron chi connectivity index (χ4n) is 5.45. The van der Waals surface area contributed by atoms with Crippen molar-refractivity contribution in [2.75, 3.05) is 91.6 Å². The Morgan fingerprint density at radius 2 is 0.559 bits per heavy atom. The first-order valence-electron chi connectivity index (χ1n) is 14.6. The molecule has 2 aliphatic rings. The fourth-order valence-corrected chi connectivity index (χ4v) is 5.45. The van der Waals surface area contributed by atoms with E-state index in [2.05, 4.69) is 84.8 Å². The summed E-state index contributed by atoms with van der Waals surface area (Å²) in [5, 5.41) is 0. The second kappa shape index (κ2) is 15.8. The molecule has 34 heavy (non-hydrogen) atoms. The minimum absolute atomic E-state index is 0.640. The van der Waals surface area contributed by atoms with E-state index in [0.717, 1.165) is 0 Å². The lowest BCUT2D eigenvalue weighted by molar-refractivity contribution is 0.169. The highest BCUT2D eigenvalue weighted by Gasteiger charge is 2.21. The highest BCUT2D eigenvalue weighted by atomic mass is 15.3. The molecule has 0 amide bonds. The zero-order chi connectivity index (χ0) is 25.1. The lowest BCUT2D eigenvalue weighted by Gasteiger charge is -2.30. The maximum absolute atomic E-state index is 2.75. The van der Waals surface area contributed by atoms with E-state index in [1.165, 1.54) is 104 Å². The van der Waals surface area contributed by atoms with Crippen LogP contribution in [-0.4, -0.2) is 145 Å². The lowest BCUT2D eigenvalue weighted by Crippen LogP contribution is -2.41. The Kier molecular flexibility index (Phi) is 13.9. The Balaban J connectivity index is 1.83. The summed E-state index contributed by atoms with van der Waals surface area (Å²) >= 11 is 0. The summed E-state index contributed by atoms with van der Waals surface area (Å²) in [6.45, 7) is 35.9. The Morgan fingerprint density at radius 3 is 0.765 bits per heavy atom. The summed E-state index contributed by atoms with van der Waals surface area (Å²) in [5.41, 5.74) is 0. The minimum atomic E-state index is 0.640. The summed E-state index contributed by atoms with van der Waals surface area (Å²) in [5.74, 6) is 0. The molecule has 0 aromatic carbocycles. The normalized spacial score (nSPS) is 23.3. The van der Waals surface area contributed by atoms with E-state index >= 15 is 0 Å². The molecule has 2 rings (SSSR count). The van der Waals surface area contributed by atoms with Crippen LogP contribution in [0.25, 0.3) is 0 Å². The average molecular weight is 481 g/mol. The molecular formula is C28H60N6. The second-order valence-corrected chi connectivity index (χ2v) is 11.9.